The first-order valence-electron chi connectivity index (χ1n) is 6.61. The molecule has 1 unspecified atom stereocenters. The lowest BCUT2D eigenvalue weighted by molar-refractivity contribution is 0.0663. The minimum absolute atomic E-state index is 0.00123. The number of benzene rings is 1. The van der Waals surface area contributed by atoms with Crippen LogP contribution in [0.2, 0.25) is 5.02 Å². The van der Waals surface area contributed by atoms with Gasteiger partial charge in [0.1, 0.15) is 5.76 Å². The number of amides is 1. The van der Waals surface area contributed by atoms with E-state index in [-0.39, 0.29) is 12.1 Å². The molecule has 1 aliphatic heterocycles. The normalized spacial score (nSPS) is 17.8. The summed E-state index contributed by atoms with van der Waals surface area (Å²) in [5.74, 6) is 0.719. The number of halogens is 1. The standard InChI is InChI=1S/C15H15ClN2O2/c1-2-7-18-14(13-4-3-8-20-13)17-12-9-10(16)5-6-11(12)15(18)19/h3-6,8-9,14,17H,2,7H2,1H3. The van der Waals surface area contributed by atoms with E-state index in [1.807, 2.05) is 19.1 Å². The Kier molecular flexibility index (Phi) is 3.40. The van der Waals surface area contributed by atoms with E-state index >= 15 is 0 Å². The number of hydrogen-bond donors (Lipinski definition) is 1. The summed E-state index contributed by atoms with van der Waals surface area (Å²) >= 11 is 6.01. The number of fused-ring (bicyclic) bond motifs is 1. The largest absolute Gasteiger partial charge is 0.465 e. The van der Waals surface area contributed by atoms with Gasteiger partial charge in [-0.1, -0.05) is 18.5 Å². The monoisotopic (exact) mass is 290 g/mol. The van der Waals surface area contributed by atoms with Gasteiger partial charge in [-0.05, 0) is 36.8 Å². The lowest BCUT2D eigenvalue weighted by atomic mass is 10.1. The van der Waals surface area contributed by atoms with Crippen molar-refractivity contribution < 1.29 is 9.21 Å². The van der Waals surface area contributed by atoms with E-state index in [1.165, 1.54) is 0 Å². The van der Waals surface area contributed by atoms with E-state index in [9.17, 15) is 4.79 Å². The molecule has 1 aromatic heterocycles. The van der Waals surface area contributed by atoms with Crippen LogP contribution in [0.3, 0.4) is 0 Å². The van der Waals surface area contributed by atoms with Gasteiger partial charge in [0.25, 0.3) is 5.91 Å². The molecule has 0 radical (unpaired) electrons. The molecule has 1 aromatic carbocycles. The van der Waals surface area contributed by atoms with E-state index in [1.54, 1.807) is 29.4 Å². The predicted octanol–water partition coefficient (Wildman–Crippen LogP) is 3.91. The van der Waals surface area contributed by atoms with Gasteiger partial charge in [0, 0.05) is 11.6 Å². The summed E-state index contributed by atoms with van der Waals surface area (Å²) in [6.45, 7) is 2.71. The molecule has 1 amide bonds. The molecule has 2 heterocycles. The maximum absolute atomic E-state index is 12.6. The average Bonchev–Trinajstić information content (AvgIpc) is 2.95. The fourth-order valence-electron chi connectivity index (χ4n) is 2.46. The summed E-state index contributed by atoms with van der Waals surface area (Å²) in [6, 6.07) is 8.95. The maximum Gasteiger partial charge on any atom is 0.257 e. The first-order valence-corrected chi connectivity index (χ1v) is 6.99. The highest BCUT2D eigenvalue weighted by Gasteiger charge is 2.33. The number of carbonyl (C=O) groups excluding carboxylic acids is 1. The molecule has 0 bridgehead atoms. The third-order valence-corrected chi connectivity index (χ3v) is 3.59. The Morgan fingerprint density at radius 3 is 2.95 bits per heavy atom. The fourth-order valence-corrected chi connectivity index (χ4v) is 2.63. The molecule has 5 heteroatoms. The second kappa shape index (κ2) is 5.21. The quantitative estimate of drug-likeness (QED) is 0.932. The van der Waals surface area contributed by atoms with Gasteiger partial charge in [0.2, 0.25) is 0 Å². The van der Waals surface area contributed by atoms with E-state index < -0.39 is 0 Å². The Labute approximate surface area is 122 Å². The molecule has 0 fully saturated rings. The zero-order valence-corrected chi connectivity index (χ0v) is 11.9. The molecule has 1 aliphatic rings. The van der Waals surface area contributed by atoms with Crippen LogP contribution in [0, 0.1) is 0 Å². The van der Waals surface area contributed by atoms with E-state index in [0.717, 1.165) is 17.9 Å². The van der Waals surface area contributed by atoms with E-state index in [4.69, 9.17) is 16.0 Å². The third kappa shape index (κ3) is 2.16. The van der Waals surface area contributed by atoms with Gasteiger partial charge in [-0.3, -0.25) is 4.79 Å². The van der Waals surface area contributed by atoms with Gasteiger partial charge in [-0.15, -0.1) is 0 Å². The Morgan fingerprint density at radius 2 is 2.25 bits per heavy atom. The second-order valence-corrected chi connectivity index (χ2v) is 5.19. The highest BCUT2D eigenvalue weighted by molar-refractivity contribution is 6.31. The minimum Gasteiger partial charge on any atom is -0.465 e. The van der Waals surface area contributed by atoms with Crippen LogP contribution in [0.4, 0.5) is 5.69 Å². The number of hydrogen-bond acceptors (Lipinski definition) is 3. The van der Waals surface area contributed by atoms with Crippen molar-refractivity contribution >= 4 is 23.2 Å². The summed E-state index contributed by atoms with van der Waals surface area (Å²) in [5, 5.41) is 3.94. The number of nitrogens with zero attached hydrogens (tertiary/aromatic N) is 1. The first-order chi connectivity index (χ1) is 9.70. The molecule has 1 atom stereocenters. The van der Waals surface area contributed by atoms with Crippen LogP contribution in [0.5, 0.6) is 0 Å². The van der Waals surface area contributed by atoms with Gasteiger partial charge < -0.3 is 14.6 Å². The van der Waals surface area contributed by atoms with E-state index in [0.29, 0.717) is 17.1 Å². The molecule has 3 rings (SSSR count). The van der Waals surface area contributed by atoms with Crippen molar-refractivity contribution in [1.82, 2.24) is 4.90 Å². The van der Waals surface area contributed by atoms with Crippen LogP contribution in [0.1, 0.15) is 35.6 Å². The van der Waals surface area contributed by atoms with Crippen molar-refractivity contribution in [2.75, 3.05) is 11.9 Å². The van der Waals surface area contributed by atoms with Crippen molar-refractivity contribution in [1.29, 1.82) is 0 Å². The number of anilines is 1. The average molecular weight is 291 g/mol. The SMILES string of the molecule is CCCN1C(=O)c2ccc(Cl)cc2NC1c1ccco1. The number of carbonyl (C=O) groups is 1. The van der Waals surface area contributed by atoms with Gasteiger partial charge >= 0.3 is 0 Å². The van der Waals surface area contributed by atoms with Gasteiger partial charge in [-0.2, -0.15) is 0 Å². The highest BCUT2D eigenvalue weighted by atomic mass is 35.5. The summed E-state index contributed by atoms with van der Waals surface area (Å²) in [5.41, 5.74) is 1.39. The molecule has 0 saturated carbocycles. The predicted molar refractivity (Wildman–Crippen MR) is 77.9 cm³/mol. The van der Waals surface area contributed by atoms with Crippen molar-refractivity contribution in [2.24, 2.45) is 0 Å². The topological polar surface area (TPSA) is 45.5 Å². The second-order valence-electron chi connectivity index (χ2n) is 4.75. The lowest BCUT2D eigenvalue weighted by Crippen LogP contribution is -2.43. The maximum atomic E-state index is 12.6. The van der Waals surface area contributed by atoms with Crippen LogP contribution in [0.15, 0.2) is 41.0 Å². The molecule has 4 nitrogen and oxygen atoms in total. The third-order valence-electron chi connectivity index (χ3n) is 3.35. The zero-order valence-electron chi connectivity index (χ0n) is 11.1. The smallest absolute Gasteiger partial charge is 0.257 e. The Hall–Kier alpha value is -1.94. The van der Waals surface area contributed by atoms with Gasteiger partial charge in [0.15, 0.2) is 6.17 Å². The number of rotatable bonds is 3. The first kappa shape index (κ1) is 13.1. The van der Waals surface area contributed by atoms with E-state index in [2.05, 4.69) is 5.32 Å². The van der Waals surface area contributed by atoms with Gasteiger partial charge in [-0.25, -0.2) is 0 Å². The van der Waals surface area contributed by atoms with Crippen molar-refractivity contribution in [3.05, 3.63) is 52.9 Å². The summed E-state index contributed by atoms with van der Waals surface area (Å²) in [4.78, 5) is 14.4. The number of furan rings is 1. The van der Waals surface area contributed by atoms with Crippen LogP contribution in [-0.2, 0) is 0 Å². The Bertz CT molecular complexity index is 625. The van der Waals surface area contributed by atoms with Crippen molar-refractivity contribution in [3.63, 3.8) is 0 Å². The summed E-state index contributed by atoms with van der Waals surface area (Å²) < 4.78 is 5.45. The van der Waals surface area contributed by atoms with Crippen molar-refractivity contribution in [3.8, 4) is 0 Å². The van der Waals surface area contributed by atoms with Gasteiger partial charge in [0.05, 0.1) is 17.5 Å². The number of nitrogens with one attached hydrogen (secondary N) is 1. The molecule has 0 aliphatic carbocycles. The Morgan fingerprint density at radius 1 is 1.40 bits per heavy atom. The van der Waals surface area contributed by atoms with Crippen molar-refractivity contribution in [2.45, 2.75) is 19.5 Å². The van der Waals surface area contributed by atoms with Crippen LogP contribution in [-0.4, -0.2) is 17.4 Å². The molecule has 104 valence electrons. The molecule has 0 spiro atoms. The fraction of sp³-hybridized carbons (Fsp3) is 0.267. The molecule has 1 N–H and O–H groups in total. The summed E-state index contributed by atoms with van der Waals surface area (Å²) in [7, 11) is 0. The molecule has 0 saturated heterocycles. The van der Waals surface area contributed by atoms with Crippen LogP contribution in [0.25, 0.3) is 0 Å². The van der Waals surface area contributed by atoms with Crippen LogP contribution < -0.4 is 5.32 Å². The summed E-state index contributed by atoms with van der Waals surface area (Å²) in [6.07, 6.45) is 2.20. The molecule has 20 heavy (non-hydrogen) atoms. The minimum atomic E-state index is -0.289. The molecular formula is C15H15ClN2O2. The molecular weight excluding hydrogens is 276 g/mol. The highest BCUT2D eigenvalue weighted by Crippen LogP contribution is 2.34. The Balaban J connectivity index is 2.04. The lowest BCUT2D eigenvalue weighted by Gasteiger charge is -2.36. The van der Waals surface area contributed by atoms with Crippen LogP contribution >= 0.6 is 11.6 Å². The zero-order chi connectivity index (χ0) is 14.1. The molecule has 2 aromatic rings.